The molecule has 4 unspecified atom stereocenters. The molecule has 1 aromatic heterocycles. The van der Waals surface area contributed by atoms with Crippen LogP contribution in [0.15, 0.2) is 30.3 Å². The van der Waals surface area contributed by atoms with Gasteiger partial charge in [-0.15, -0.1) is 0 Å². The van der Waals surface area contributed by atoms with Crippen molar-refractivity contribution in [2.24, 2.45) is 11.8 Å². The van der Waals surface area contributed by atoms with Crippen LogP contribution in [0.1, 0.15) is 88.0 Å². The van der Waals surface area contributed by atoms with Crippen LogP contribution in [0.5, 0.6) is 0 Å². The number of hydrogen-bond acceptors (Lipinski definition) is 3. The Morgan fingerprint density at radius 3 is 2.58 bits per heavy atom. The van der Waals surface area contributed by atoms with Gasteiger partial charge in [-0.25, -0.2) is 13.8 Å². The van der Waals surface area contributed by atoms with Gasteiger partial charge >= 0.3 is 0 Å². The van der Waals surface area contributed by atoms with E-state index in [1.54, 1.807) is 0 Å². The molecular weight excluding hydrogens is 504 g/mol. The fourth-order valence-electron chi connectivity index (χ4n) is 7.49. The number of carbonyl (C=O) groups is 1. The van der Waals surface area contributed by atoms with Crippen LogP contribution in [0.4, 0.5) is 8.78 Å². The van der Waals surface area contributed by atoms with Crippen LogP contribution < -0.4 is 5.32 Å². The number of nitrogens with zero attached hydrogens (tertiary/aromatic N) is 2. The highest BCUT2D eigenvalue weighted by molar-refractivity contribution is 6.29. The van der Waals surface area contributed by atoms with Gasteiger partial charge in [-0.05, 0) is 67.7 Å². The zero-order valence-corrected chi connectivity index (χ0v) is 23.4. The highest BCUT2D eigenvalue weighted by atomic mass is 35.5. The monoisotopic (exact) mass is 543 g/mol. The Morgan fingerprint density at radius 2 is 1.87 bits per heavy atom. The summed E-state index contributed by atoms with van der Waals surface area (Å²) >= 11 is 6.26. The fraction of sp³-hybridized carbons (Fsp3) is 0.613. The molecule has 2 saturated heterocycles. The summed E-state index contributed by atoms with van der Waals surface area (Å²) in [5.74, 6) is -0.839. The van der Waals surface area contributed by atoms with Crippen molar-refractivity contribution < 1.29 is 13.6 Å². The van der Waals surface area contributed by atoms with Crippen molar-refractivity contribution in [2.45, 2.75) is 89.0 Å². The number of halogens is 3. The van der Waals surface area contributed by atoms with Crippen molar-refractivity contribution in [3.8, 4) is 0 Å². The first-order valence-corrected chi connectivity index (χ1v) is 14.8. The number of pyridine rings is 1. The van der Waals surface area contributed by atoms with Crippen molar-refractivity contribution >= 4 is 17.5 Å². The largest absolute Gasteiger partial charge is 0.339 e. The molecule has 1 N–H and O–H groups in total. The third-order valence-corrected chi connectivity index (χ3v) is 9.69. The lowest BCUT2D eigenvalue weighted by Crippen LogP contribution is -2.54. The lowest BCUT2D eigenvalue weighted by atomic mass is 9.70. The molecule has 1 aromatic carbocycles. The Hall–Kier alpha value is -2.05. The molecule has 0 bridgehead atoms. The Morgan fingerprint density at radius 1 is 1.13 bits per heavy atom. The number of hydrogen-bond donors (Lipinski definition) is 1. The minimum absolute atomic E-state index is 0.00358. The van der Waals surface area contributed by atoms with E-state index in [2.05, 4.69) is 35.1 Å². The molecule has 5 rings (SSSR count). The number of likely N-dealkylation sites (tertiary alicyclic amines) is 1. The molecule has 1 aliphatic carbocycles. The second-order valence-electron chi connectivity index (χ2n) is 11.8. The summed E-state index contributed by atoms with van der Waals surface area (Å²) in [5.41, 5.74) is 1.88. The molecule has 38 heavy (non-hydrogen) atoms. The normalized spacial score (nSPS) is 28.6. The predicted molar refractivity (Wildman–Crippen MR) is 147 cm³/mol. The van der Waals surface area contributed by atoms with Crippen molar-refractivity contribution in [1.29, 1.82) is 0 Å². The summed E-state index contributed by atoms with van der Waals surface area (Å²) in [7, 11) is 0. The Bertz CT molecular complexity index is 1130. The minimum atomic E-state index is -0.469. The first kappa shape index (κ1) is 27.5. The molecule has 0 spiro atoms. The van der Waals surface area contributed by atoms with Gasteiger partial charge in [0, 0.05) is 42.3 Å². The highest BCUT2D eigenvalue weighted by Gasteiger charge is 2.49. The number of aromatic nitrogens is 1. The standard InChI is InChI=1S/C31H40ClF2N3O/c1-3-8-26-22(13-14-28(32)36-26)31(2)19-35-18-23(31)30(38)37-16-15-21(29-24(33)11-7-12-25(29)34)17-27(37)20-9-5-4-6-10-20/h7,11-14,20-21,23,27,35H,3-6,8-10,15-19H2,1-2H3. The van der Waals surface area contributed by atoms with Crippen LogP contribution in [0.25, 0.3) is 0 Å². The molecule has 4 nitrogen and oxygen atoms in total. The molecule has 0 radical (unpaired) electrons. The van der Waals surface area contributed by atoms with Gasteiger partial charge in [0.05, 0.1) is 5.92 Å². The summed E-state index contributed by atoms with van der Waals surface area (Å²) in [6.45, 7) is 6.15. The first-order chi connectivity index (χ1) is 18.3. The van der Waals surface area contributed by atoms with Crippen LogP contribution in [-0.4, -0.2) is 41.5 Å². The van der Waals surface area contributed by atoms with Gasteiger partial charge in [-0.3, -0.25) is 4.79 Å². The fourth-order valence-corrected chi connectivity index (χ4v) is 7.65. The average Bonchev–Trinajstić information content (AvgIpc) is 3.31. The molecule has 3 fully saturated rings. The van der Waals surface area contributed by atoms with Crippen LogP contribution in [0, 0.1) is 23.5 Å². The number of nitrogens with one attached hydrogen (secondary N) is 1. The smallest absolute Gasteiger partial charge is 0.228 e. The van der Waals surface area contributed by atoms with E-state index in [0.29, 0.717) is 43.5 Å². The topological polar surface area (TPSA) is 45.2 Å². The van der Waals surface area contributed by atoms with E-state index in [1.807, 2.05) is 6.07 Å². The second-order valence-corrected chi connectivity index (χ2v) is 12.2. The van der Waals surface area contributed by atoms with E-state index < -0.39 is 17.0 Å². The maximum Gasteiger partial charge on any atom is 0.228 e. The van der Waals surface area contributed by atoms with Crippen LogP contribution in [0.3, 0.4) is 0 Å². The number of benzene rings is 1. The lowest BCUT2D eigenvalue weighted by molar-refractivity contribution is -0.142. The maximum absolute atomic E-state index is 14.8. The molecule has 2 aromatic rings. The van der Waals surface area contributed by atoms with Crippen molar-refractivity contribution in [2.75, 3.05) is 19.6 Å². The van der Waals surface area contributed by atoms with Crippen LogP contribution >= 0.6 is 11.6 Å². The molecule has 3 aliphatic rings. The van der Waals surface area contributed by atoms with E-state index >= 15 is 0 Å². The molecule has 3 heterocycles. The van der Waals surface area contributed by atoms with Crippen molar-refractivity contribution in [1.82, 2.24) is 15.2 Å². The van der Waals surface area contributed by atoms with E-state index in [-0.39, 0.29) is 29.3 Å². The highest BCUT2D eigenvalue weighted by Crippen LogP contribution is 2.44. The van der Waals surface area contributed by atoms with E-state index in [9.17, 15) is 13.6 Å². The minimum Gasteiger partial charge on any atom is -0.339 e. The zero-order valence-electron chi connectivity index (χ0n) is 22.6. The number of carbonyl (C=O) groups excluding carboxylic acids is 1. The summed E-state index contributed by atoms with van der Waals surface area (Å²) in [5, 5.41) is 3.98. The number of piperidine rings is 1. The Labute approximate surface area is 230 Å². The molecule has 2 aliphatic heterocycles. The lowest BCUT2D eigenvalue weighted by Gasteiger charge is -2.47. The Kier molecular flexibility index (Phi) is 8.39. The van der Waals surface area contributed by atoms with Crippen molar-refractivity contribution in [3.63, 3.8) is 0 Å². The predicted octanol–water partition coefficient (Wildman–Crippen LogP) is 6.80. The van der Waals surface area contributed by atoms with Gasteiger partial charge < -0.3 is 10.2 Å². The summed E-state index contributed by atoms with van der Waals surface area (Å²) < 4.78 is 29.6. The SMILES string of the molecule is CCCc1nc(Cl)ccc1C1(C)CNCC1C(=O)N1CCC(c2c(F)cccc2F)CC1C1CCCCC1. The summed E-state index contributed by atoms with van der Waals surface area (Å²) in [4.78, 5) is 21.2. The summed E-state index contributed by atoms with van der Waals surface area (Å²) in [6, 6.07) is 8.03. The third kappa shape index (κ3) is 5.23. The molecule has 4 atom stereocenters. The van der Waals surface area contributed by atoms with Gasteiger partial charge in [0.2, 0.25) is 5.91 Å². The second kappa shape index (κ2) is 11.6. The van der Waals surface area contributed by atoms with Crippen LogP contribution in [-0.2, 0) is 16.6 Å². The third-order valence-electron chi connectivity index (χ3n) is 9.48. The summed E-state index contributed by atoms with van der Waals surface area (Å²) in [6.07, 6.45) is 8.64. The van der Waals surface area contributed by atoms with Gasteiger partial charge in [-0.2, -0.15) is 0 Å². The van der Waals surface area contributed by atoms with E-state index in [1.165, 1.54) is 24.6 Å². The maximum atomic E-state index is 14.8. The quantitative estimate of drug-likeness (QED) is 0.408. The molecular formula is C31H40ClF2N3O. The number of aryl methyl sites for hydroxylation is 1. The molecule has 1 saturated carbocycles. The van der Waals surface area contributed by atoms with Gasteiger partial charge in [-0.1, -0.05) is 63.3 Å². The number of amides is 1. The van der Waals surface area contributed by atoms with Gasteiger partial charge in [0.15, 0.2) is 0 Å². The van der Waals surface area contributed by atoms with E-state index in [0.717, 1.165) is 49.8 Å². The van der Waals surface area contributed by atoms with Crippen LogP contribution in [0.2, 0.25) is 5.15 Å². The Balaban J connectivity index is 1.45. The molecule has 206 valence electrons. The van der Waals surface area contributed by atoms with E-state index in [4.69, 9.17) is 11.6 Å². The van der Waals surface area contributed by atoms with Gasteiger partial charge in [0.1, 0.15) is 16.8 Å². The average molecular weight is 544 g/mol. The van der Waals surface area contributed by atoms with Crippen molar-refractivity contribution in [3.05, 3.63) is 63.9 Å². The molecule has 7 heteroatoms. The van der Waals surface area contributed by atoms with Gasteiger partial charge in [0.25, 0.3) is 0 Å². The number of rotatable bonds is 6. The molecule has 1 amide bonds. The zero-order chi connectivity index (χ0) is 26.9. The first-order valence-electron chi connectivity index (χ1n) is 14.4.